The van der Waals surface area contributed by atoms with Gasteiger partial charge in [-0.2, -0.15) is 17.5 Å². The molecule has 12 heteroatoms. The largest absolute Gasteiger partial charge is 0.396 e. The fourth-order valence-corrected chi connectivity index (χ4v) is 9.14. The van der Waals surface area contributed by atoms with Crippen LogP contribution in [0.4, 0.5) is 17.6 Å². The Hall–Kier alpha value is -0.200. The van der Waals surface area contributed by atoms with E-state index in [0.717, 1.165) is 6.42 Å². The quantitative estimate of drug-likeness (QED) is 0.363. The van der Waals surface area contributed by atoms with Crippen molar-refractivity contribution in [2.75, 3.05) is 19.8 Å². The molecule has 1 aliphatic heterocycles. The highest BCUT2D eigenvalue weighted by molar-refractivity contribution is 7.89. The van der Waals surface area contributed by atoms with Gasteiger partial charge in [-0.05, 0) is 70.1 Å². The molecule has 210 valence electrons. The van der Waals surface area contributed by atoms with Crippen molar-refractivity contribution >= 4 is 21.6 Å². The van der Waals surface area contributed by atoms with Crippen molar-refractivity contribution in [3.05, 3.63) is 0 Å². The zero-order chi connectivity index (χ0) is 26.1. The third-order valence-electron chi connectivity index (χ3n) is 8.47. The van der Waals surface area contributed by atoms with Gasteiger partial charge in [-0.25, -0.2) is 12.8 Å². The first kappa shape index (κ1) is 28.8. The number of fused-ring (bicyclic) bond motifs is 1. The minimum absolute atomic E-state index is 0.0176. The second kappa shape index (κ2) is 11.9. The van der Waals surface area contributed by atoms with Crippen molar-refractivity contribution in [1.29, 1.82) is 0 Å². The maximum atomic E-state index is 14.4. The van der Waals surface area contributed by atoms with Crippen LogP contribution in [0.1, 0.15) is 70.6 Å². The standard InChI is InChI=1S/C24H38ClF4NO5S/c25-19-5-2-6-20(26)23(19)34-14-15-7-8-22-21(11-15)30(13-17(35-22)9-10-31)36(32,33)18-4-1-3-16(12-18)24(27,28)29/h15-23,31H,1-14H2/t15?,16?,17-,18?,19?,20?,21?,22?,23?/m0/s1. The molecule has 9 atom stereocenters. The minimum atomic E-state index is -4.41. The van der Waals surface area contributed by atoms with E-state index in [1.54, 1.807) is 0 Å². The van der Waals surface area contributed by atoms with Crippen LogP contribution in [0.3, 0.4) is 0 Å². The Morgan fingerprint density at radius 1 is 1.06 bits per heavy atom. The van der Waals surface area contributed by atoms with Crippen LogP contribution in [0, 0.1) is 11.8 Å². The number of alkyl halides is 5. The topological polar surface area (TPSA) is 76.1 Å². The van der Waals surface area contributed by atoms with Crippen LogP contribution in [0.2, 0.25) is 0 Å². The predicted molar refractivity (Wildman–Crippen MR) is 127 cm³/mol. The predicted octanol–water partition coefficient (Wildman–Crippen LogP) is 4.57. The van der Waals surface area contributed by atoms with E-state index in [1.165, 1.54) is 4.31 Å². The van der Waals surface area contributed by atoms with Crippen LogP contribution in [0.5, 0.6) is 0 Å². The van der Waals surface area contributed by atoms with Gasteiger partial charge in [-0.15, -0.1) is 11.6 Å². The Morgan fingerprint density at radius 3 is 2.50 bits per heavy atom. The number of aliphatic hydroxyl groups excluding tert-OH is 1. The molecule has 4 aliphatic rings. The van der Waals surface area contributed by atoms with Crippen molar-refractivity contribution in [3.8, 4) is 0 Å². The van der Waals surface area contributed by atoms with Crippen LogP contribution in [0.25, 0.3) is 0 Å². The summed E-state index contributed by atoms with van der Waals surface area (Å²) in [5.74, 6) is -1.65. The number of aliphatic hydroxyl groups is 1. The fourth-order valence-electron chi connectivity index (χ4n) is 6.46. The maximum Gasteiger partial charge on any atom is 0.391 e. The number of hydrogen-bond donors (Lipinski definition) is 1. The van der Waals surface area contributed by atoms with Gasteiger partial charge in [-0.1, -0.05) is 6.42 Å². The molecule has 6 nitrogen and oxygen atoms in total. The molecular weight excluding hydrogens is 526 g/mol. The van der Waals surface area contributed by atoms with Crippen LogP contribution in [-0.2, 0) is 19.5 Å². The van der Waals surface area contributed by atoms with Gasteiger partial charge in [0, 0.05) is 13.2 Å². The van der Waals surface area contributed by atoms with Gasteiger partial charge in [0.05, 0.1) is 41.4 Å². The molecule has 0 radical (unpaired) electrons. The lowest BCUT2D eigenvalue weighted by Gasteiger charge is -2.49. The summed E-state index contributed by atoms with van der Waals surface area (Å²) in [6.45, 7) is 0.103. The van der Waals surface area contributed by atoms with Crippen molar-refractivity contribution in [2.24, 2.45) is 11.8 Å². The SMILES string of the molecule is O=S(=O)(C1CCCC(C(F)(F)F)C1)N1C[C@H](CCO)OC2CCC(COC3C(F)CCCC3Cl)CC21. The minimum Gasteiger partial charge on any atom is -0.396 e. The number of hydrogen-bond acceptors (Lipinski definition) is 5. The Kier molecular flexibility index (Phi) is 9.52. The third kappa shape index (κ3) is 6.50. The van der Waals surface area contributed by atoms with Gasteiger partial charge >= 0.3 is 6.18 Å². The van der Waals surface area contributed by atoms with Gasteiger partial charge in [-0.3, -0.25) is 0 Å². The summed E-state index contributed by atoms with van der Waals surface area (Å²) in [6.07, 6.45) is -3.39. The van der Waals surface area contributed by atoms with E-state index in [2.05, 4.69) is 0 Å². The van der Waals surface area contributed by atoms with E-state index in [-0.39, 0.29) is 51.4 Å². The first-order valence-electron chi connectivity index (χ1n) is 13.2. The van der Waals surface area contributed by atoms with Gasteiger partial charge in [0.1, 0.15) is 12.3 Å². The lowest BCUT2D eigenvalue weighted by Crippen LogP contribution is -2.61. The summed E-state index contributed by atoms with van der Waals surface area (Å²) >= 11 is 6.29. The van der Waals surface area contributed by atoms with Crippen molar-refractivity contribution < 1.29 is 40.6 Å². The number of rotatable bonds is 7. The number of nitrogens with zero attached hydrogens (tertiary/aromatic N) is 1. The van der Waals surface area contributed by atoms with Crippen LogP contribution in [0.15, 0.2) is 0 Å². The third-order valence-corrected chi connectivity index (χ3v) is 11.3. The maximum absolute atomic E-state index is 14.4. The molecule has 0 spiro atoms. The highest BCUT2D eigenvalue weighted by Gasteiger charge is 2.51. The average Bonchev–Trinajstić information content (AvgIpc) is 2.83. The lowest BCUT2D eigenvalue weighted by molar-refractivity contribution is -0.181. The molecule has 0 aromatic rings. The van der Waals surface area contributed by atoms with Gasteiger partial charge < -0.3 is 14.6 Å². The molecule has 4 rings (SSSR count). The second-order valence-corrected chi connectivity index (χ2v) is 13.7. The Balaban J connectivity index is 1.48. The zero-order valence-corrected chi connectivity index (χ0v) is 22.0. The summed E-state index contributed by atoms with van der Waals surface area (Å²) in [7, 11) is -4.03. The summed E-state index contributed by atoms with van der Waals surface area (Å²) in [5, 5.41) is 7.94. The summed E-state index contributed by atoms with van der Waals surface area (Å²) in [5.41, 5.74) is 0. The molecule has 0 aromatic carbocycles. The number of ether oxygens (including phenoxy) is 2. The monoisotopic (exact) mass is 563 g/mol. The van der Waals surface area contributed by atoms with E-state index >= 15 is 0 Å². The van der Waals surface area contributed by atoms with E-state index in [9.17, 15) is 31.1 Å². The average molecular weight is 564 g/mol. The first-order chi connectivity index (χ1) is 17.0. The van der Waals surface area contributed by atoms with Gasteiger partial charge in [0.2, 0.25) is 10.0 Å². The molecular formula is C24H38ClF4NO5S. The van der Waals surface area contributed by atoms with Crippen LogP contribution < -0.4 is 0 Å². The molecule has 36 heavy (non-hydrogen) atoms. The lowest BCUT2D eigenvalue weighted by atomic mass is 9.83. The second-order valence-electron chi connectivity index (χ2n) is 11.0. The zero-order valence-electron chi connectivity index (χ0n) is 20.4. The van der Waals surface area contributed by atoms with Gasteiger partial charge in [0.25, 0.3) is 0 Å². The smallest absolute Gasteiger partial charge is 0.391 e. The molecule has 4 fully saturated rings. The van der Waals surface area contributed by atoms with Gasteiger partial charge in [0.15, 0.2) is 0 Å². The Labute approximate surface area is 216 Å². The molecule has 3 aliphatic carbocycles. The fraction of sp³-hybridized carbons (Fsp3) is 1.00. The molecule has 1 heterocycles. The Morgan fingerprint density at radius 2 is 1.81 bits per heavy atom. The molecule has 0 amide bonds. The van der Waals surface area contributed by atoms with Crippen molar-refractivity contribution in [3.63, 3.8) is 0 Å². The normalized spacial score (nSPS) is 41.1. The molecule has 0 bridgehead atoms. The number of halogens is 5. The van der Waals surface area contributed by atoms with E-state index < -0.39 is 69.7 Å². The summed E-state index contributed by atoms with van der Waals surface area (Å²) < 4.78 is 95.5. The number of morpholine rings is 1. The van der Waals surface area contributed by atoms with Crippen LogP contribution in [-0.4, -0.2) is 84.9 Å². The number of sulfonamides is 1. The Bertz CT molecular complexity index is 824. The molecule has 1 saturated heterocycles. The molecule has 3 saturated carbocycles. The molecule has 0 aromatic heterocycles. The van der Waals surface area contributed by atoms with Crippen LogP contribution >= 0.6 is 11.6 Å². The summed E-state index contributed by atoms with van der Waals surface area (Å²) in [6, 6.07) is -0.516. The highest BCUT2D eigenvalue weighted by atomic mass is 35.5. The molecule has 1 N–H and O–H groups in total. The van der Waals surface area contributed by atoms with E-state index in [0.29, 0.717) is 32.1 Å². The highest BCUT2D eigenvalue weighted by Crippen LogP contribution is 2.43. The van der Waals surface area contributed by atoms with E-state index in [4.69, 9.17) is 21.1 Å². The van der Waals surface area contributed by atoms with Crippen molar-refractivity contribution in [1.82, 2.24) is 4.31 Å². The molecule has 8 unspecified atom stereocenters. The van der Waals surface area contributed by atoms with E-state index in [1.807, 2.05) is 0 Å². The first-order valence-corrected chi connectivity index (χ1v) is 15.2. The van der Waals surface area contributed by atoms with Crippen molar-refractivity contribution in [2.45, 2.75) is 118 Å². The summed E-state index contributed by atoms with van der Waals surface area (Å²) in [4.78, 5) is 0.